The zero-order valence-corrected chi connectivity index (χ0v) is 15.6. The Kier molecular flexibility index (Phi) is 5.97. The van der Waals surface area contributed by atoms with E-state index in [1.54, 1.807) is 18.0 Å². The summed E-state index contributed by atoms with van der Waals surface area (Å²) in [6.07, 6.45) is 3.47. The number of rotatable bonds is 4. The van der Waals surface area contributed by atoms with Gasteiger partial charge in [0.25, 0.3) is 0 Å². The lowest BCUT2D eigenvalue weighted by molar-refractivity contribution is -0.134. The maximum atomic E-state index is 12.6. The molecule has 0 saturated carbocycles. The average Bonchev–Trinajstić information content (AvgIpc) is 3.08. The third-order valence-corrected chi connectivity index (χ3v) is 4.97. The largest absolute Gasteiger partial charge is 0.450 e. The molecule has 0 spiro atoms. The summed E-state index contributed by atoms with van der Waals surface area (Å²) in [5.41, 5.74) is 0. The molecule has 144 valence electrons. The molecule has 2 aliphatic rings. The first-order valence-corrected chi connectivity index (χ1v) is 9.22. The molecule has 1 aromatic heterocycles. The summed E-state index contributed by atoms with van der Waals surface area (Å²) in [4.78, 5) is 36.6. The Morgan fingerprint density at radius 1 is 1.04 bits per heavy atom. The first-order chi connectivity index (χ1) is 12.6. The zero-order chi connectivity index (χ0) is 18.5. The average molecular weight is 364 g/mol. The Balaban J connectivity index is 1.41. The van der Waals surface area contributed by atoms with Crippen molar-refractivity contribution in [3.63, 3.8) is 0 Å². The van der Waals surface area contributed by atoms with Gasteiger partial charge in [-0.15, -0.1) is 0 Å². The number of carbonyl (C=O) groups excluding carboxylic acids is 2. The summed E-state index contributed by atoms with van der Waals surface area (Å²) >= 11 is 0. The molecule has 0 bridgehead atoms. The lowest BCUT2D eigenvalue weighted by Crippen LogP contribution is -2.54. The molecule has 2 amide bonds. The van der Waals surface area contributed by atoms with Crippen LogP contribution >= 0.6 is 0 Å². The predicted octanol–water partition coefficient (Wildman–Crippen LogP) is -0.157. The molecule has 9 heteroatoms. The van der Waals surface area contributed by atoms with Crippen LogP contribution in [0.5, 0.6) is 0 Å². The molecular formula is C17H28N6O3. The predicted molar refractivity (Wildman–Crippen MR) is 97.0 cm³/mol. The van der Waals surface area contributed by atoms with Crippen LogP contribution in [0.25, 0.3) is 0 Å². The van der Waals surface area contributed by atoms with Crippen molar-refractivity contribution in [1.29, 1.82) is 0 Å². The molecule has 3 heterocycles. The van der Waals surface area contributed by atoms with Crippen LogP contribution in [0.3, 0.4) is 0 Å². The molecule has 2 saturated heterocycles. The maximum Gasteiger partial charge on any atom is 0.409 e. The smallest absolute Gasteiger partial charge is 0.409 e. The van der Waals surface area contributed by atoms with Crippen molar-refractivity contribution < 1.29 is 14.3 Å². The molecule has 1 aromatic rings. The lowest BCUT2D eigenvalue weighted by Gasteiger charge is -2.37. The third kappa shape index (κ3) is 4.27. The second-order valence-corrected chi connectivity index (χ2v) is 6.67. The van der Waals surface area contributed by atoms with Gasteiger partial charge >= 0.3 is 6.09 Å². The van der Waals surface area contributed by atoms with Crippen LogP contribution in [-0.2, 0) is 16.6 Å². The number of anilines is 1. The van der Waals surface area contributed by atoms with Crippen LogP contribution < -0.4 is 4.90 Å². The van der Waals surface area contributed by atoms with Crippen molar-refractivity contribution in [3.8, 4) is 0 Å². The fourth-order valence-corrected chi connectivity index (χ4v) is 3.41. The zero-order valence-electron chi connectivity index (χ0n) is 15.6. The van der Waals surface area contributed by atoms with Crippen molar-refractivity contribution in [2.45, 2.75) is 6.92 Å². The van der Waals surface area contributed by atoms with Crippen LogP contribution in [0.1, 0.15) is 6.92 Å². The minimum atomic E-state index is -0.287. The van der Waals surface area contributed by atoms with E-state index in [1.807, 2.05) is 22.7 Å². The molecule has 2 aliphatic heterocycles. The van der Waals surface area contributed by atoms with Crippen LogP contribution in [-0.4, -0.2) is 102 Å². The van der Waals surface area contributed by atoms with E-state index in [0.717, 1.165) is 32.1 Å². The highest BCUT2D eigenvalue weighted by Crippen LogP contribution is 2.13. The van der Waals surface area contributed by atoms with Crippen LogP contribution in [0.4, 0.5) is 10.7 Å². The van der Waals surface area contributed by atoms with E-state index in [2.05, 4.69) is 14.8 Å². The van der Waals surface area contributed by atoms with Gasteiger partial charge in [-0.05, 0) is 6.92 Å². The van der Waals surface area contributed by atoms with Crippen molar-refractivity contribution in [3.05, 3.63) is 12.4 Å². The molecular weight excluding hydrogens is 336 g/mol. The Morgan fingerprint density at radius 2 is 1.69 bits per heavy atom. The number of amides is 2. The number of hydrogen-bond acceptors (Lipinski definition) is 6. The van der Waals surface area contributed by atoms with Gasteiger partial charge in [-0.3, -0.25) is 9.69 Å². The van der Waals surface area contributed by atoms with Crippen molar-refractivity contribution in [2.75, 3.05) is 70.4 Å². The second kappa shape index (κ2) is 8.39. The van der Waals surface area contributed by atoms with Gasteiger partial charge in [0.15, 0.2) is 0 Å². The van der Waals surface area contributed by atoms with Gasteiger partial charge < -0.3 is 24.0 Å². The minimum Gasteiger partial charge on any atom is -0.450 e. The van der Waals surface area contributed by atoms with Gasteiger partial charge in [0.1, 0.15) is 0 Å². The molecule has 26 heavy (non-hydrogen) atoms. The molecule has 0 radical (unpaired) electrons. The molecule has 0 aromatic carbocycles. The summed E-state index contributed by atoms with van der Waals surface area (Å²) in [7, 11) is 1.99. The molecule has 9 nitrogen and oxygen atoms in total. The molecule has 0 atom stereocenters. The quantitative estimate of drug-likeness (QED) is 0.739. The number of nitrogens with zero attached hydrogens (tertiary/aromatic N) is 6. The Bertz CT molecular complexity index is 618. The lowest BCUT2D eigenvalue weighted by atomic mass is 10.3. The molecule has 0 N–H and O–H groups in total. The van der Waals surface area contributed by atoms with Crippen molar-refractivity contribution >= 4 is 17.9 Å². The monoisotopic (exact) mass is 364 g/mol. The molecule has 2 fully saturated rings. The summed E-state index contributed by atoms with van der Waals surface area (Å²) in [5.74, 6) is 1.12. The summed E-state index contributed by atoms with van der Waals surface area (Å²) in [6, 6.07) is 0. The van der Waals surface area contributed by atoms with E-state index in [-0.39, 0.29) is 12.0 Å². The summed E-state index contributed by atoms with van der Waals surface area (Å²) in [6.45, 7) is 8.28. The van der Waals surface area contributed by atoms with E-state index in [0.29, 0.717) is 39.3 Å². The van der Waals surface area contributed by atoms with Gasteiger partial charge in [0.2, 0.25) is 11.9 Å². The van der Waals surface area contributed by atoms with E-state index >= 15 is 0 Å². The van der Waals surface area contributed by atoms with Crippen molar-refractivity contribution in [1.82, 2.24) is 24.3 Å². The molecule has 3 rings (SSSR count). The summed E-state index contributed by atoms with van der Waals surface area (Å²) < 4.78 is 7.03. The maximum absolute atomic E-state index is 12.6. The van der Waals surface area contributed by atoms with Crippen LogP contribution in [0.2, 0.25) is 0 Å². The number of imidazole rings is 1. The van der Waals surface area contributed by atoms with Gasteiger partial charge in [-0.2, -0.15) is 0 Å². The fourth-order valence-electron chi connectivity index (χ4n) is 3.41. The van der Waals surface area contributed by atoms with E-state index in [9.17, 15) is 9.59 Å². The number of carbonyl (C=O) groups is 2. The first kappa shape index (κ1) is 18.5. The molecule has 0 unspecified atom stereocenters. The summed E-state index contributed by atoms with van der Waals surface area (Å²) in [5, 5.41) is 0. The number of ether oxygens (including phenoxy) is 1. The van der Waals surface area contributed by atoms with Gasteiger partial charge in [-0.25, -0.2) is 9.78 Å². The highest BCUT2D eigenvalue weighted by molar-refractivity contribution is 5.78. The highest BCUT2D eigenvalue weighted by atomic mass is 16.6. The van der Waals surface area contributed by atoms with E-state index in [4.69, 9.17) is 4.74 Å². The Labute approximate surface area is 154 Å². The van der Waals surface area contributed by atoms with Gasteiger partial charge in [0.05, 0.1) is 13.2 Å². The topological polar surface area (TPSA) is 74.2 Å². The SMILES string of the molecule is CCOC(=O)N1CCN(C(=O)CN2CCN(c3nccn3C)CC2)CC1. The number of aryl methyl sites for hydroxylation is 1. The minimum absolute atomic E-state index is 0.138. The highest BCUT2D eigenvalue weighted by Gasteiger charge is 2.27. The first-order valence-electron chi connectivity index (χ1n) is 9.22. The van der Waals surface area contributed by atoms with Crippen LogP contribution in [0, 0.1) is 0 Å². The number of hydrogen-bond donors (Lipinski definition) is 0. The number of aromatic nitrogens is 2. The Morgan fingerprint density at radius 3 is 2.27 bits per heavy atom. The normalized spacial score (nSPS) is 18.9. The second-order valence-electron chi connectivity index (χ2n) is 6.67. The van der Waals surface area contributed by atoms with Gasteiger partial charge in [-0.1, -0.05) is 0 Å². The fraction of sp³-hybridized carbons (Fsp3) is 0.706. The van der Waals surface area contributed by atoms with Gasteiger partial charge in [0, 0.05) is 71.8 Å². The van der Waals surface area contributed by atoms with E-state index < -0.39 is 0 Å². The number of piperazine rings is 2. The standard InChI is InChI=1S/C17H28N6O3/c1-3-26-17(25)23-12-10-21(11-13-23)15(24)14-20-6-8-22(9-7-20)16-18-4-5-19(16)2/h4-5H,3,6-14H2,1-2H3. The molecule has 0 aliphatic carbocycles. The van der Waals surface area contributed by atoms with Crippen LogP contribution in [0.15, 0.2) is 12.4 Å². The third-order valence-electron chi connectivity index (χ3n) is 4.97. The van der Waals surface area contributed by atoms with Crippen molar-refractivity contribution in [2.24, 2.45) is 7.05 Å². The Hall–Kier alpha value is -2.29. The van der Waals surface area contributed by atoms with E-state index in [1.165, 1.54) is 0 Å².